The molecule has 2 rings (SSSR count). The highest BCUT2D eigenvalue weighted by Crippen LogP contribution is 2.21. The number of likely N-dealkylation sites (N-methyl/N-ethyl adjacent to an activating group) is 1. The Kier molecular flexibility index (Phi) is 4.37. The largest absolute Gasteiger partial charge is 0.398 e. The van der Waals surface area contributed by atoms with Gasteiger partial charge in [0, 0.05) is 5.69 Å². The van der Waals surface area contributed by atoms with Crippen molar-refractivity contribution in [2.75, 3.05) is 19.3 Å². The highest BCUT2D eigenvalue weighted by molar-refractivity contribution is 5.55. The molecule has 0 heterocycles. The summed E-state index contributed by atoms with van der Waals surface area (Å²) in [5.41, 5.74) is 10.9. The highest BCUT2D eigenvalue weighted by Gasteiger charge is 2.05. The minimum atomic E-state index is 0.903. The molecular formula is C16H20N2. The highest BCUT2D eigenvalue weighted by atomic mass is 14.8. The average Bonchev–Trinajstić information content (AvgIpc) is 2.41. The number of benzene rings is 2. The van der Waals surface area contributed by atoms with Crippen molar-refractivity contribution in [2.45, 2.75) is 12.8 Å². The first-order valence-corrected chi connectivity index (χ1v) is 6.36. The van der Waals surface area contributed by atoms with Crippen LogP contribution >= 0.6 is 0 Å². The summed E-state index contributed by atoms with van der Waals surface area (Å²) in [6.07, 6.45) is 1.88. The molecular weight excluding hydrogens is 220 g/mol. The van der Waals surface area contributed by atoms with Gasteiger partial charge < -0.3 is 11.1 Å². The zero-order chi connectivity index (χ0) is 12.8. The number of nitrogen functional groups attached to an aromatic ring is 1. The predicted octanol–water partition coefficient (Wildman–Crippen LogP) is 2.62. The standard InChI is InChI=1S/C16H20N2/c1-18-11-10-14-8-5-9-15(16(14)17)12-13-6-3-2-4-7-13/h2-9,18H,10-12,17H2,1H3. The van der Waals surface area contributed by atoms with Gasteiger partial charge >= 0.3 is 0 Å². The van der Waals surface area contributed by atoms with E-state index in [-0.39, 0.29) is 0 Å². The summed E-state index contributed by atoms with van der Waals surface area (Å²) in [5.74, 6) is 0. The van der Waals surface area contributed by atoms with E-state index in [2.05, 4.69) is 47.8 Å². The Hall–Kier alpha value is -1.80. The molecule has 18 heavy (non-hydrogen) atoms. The number of hydrogen-bond acceptors (Lipinski definition) is 2. The van der Waals surface area contributed by atoms with Crippen LogP contribution in [0.1, 0.15) is 16.7 Å². The van der Waals surface area contributed by atoms with E-state index in [4.69, 9.17) is 5.73 Å². The molecule has 0 amide bonds. The normalized spacial score (nSPS) is 10.5. The van der Waals surface area contributed by atoms with Crippen LogP contribution in [0, 0.1) is 0 Å². The van der Waals surface area contributed by atoms with Crippen LogP contribution in [0.5, 0.6) is 0 Å². The third-order valence-corrected chi connectivity index (χ3v) is 3.17. The van der Waals surface area contributed by atoms with Crippen LogP contribution in [0.2, 0.25) is 0 Å². The minimum absolute atomic E-state index is 0.903. The molecule has 0 spiro atoms. The molecule has 0 aliphatic heterocycles. The molecule has 94 valence electrons. The predicted molar refractivity (Wildman–Crippen MR) is 77.7 cm³/mol. The quantitative estimate of drug-likeness (QED) is 0.788. The van der Waals surface area contributed by atoms with Crippen LogP contribution in [0.25, 0.3) is 0 Å². The Balaban J connectivity index is 2.18. The maximum atomic E-state index is 6.24. The number of para-hydroxylation sites is 1. The third kappa shape index (κ3) is 3.11. The first kappa shape index (κ1) is 12.7. The average molecular weight is 240 g/mol. The molecule has 0 aliphatic carbocycles. The summed E-state index contributed by atoms with van der Waals surface area (Å²) in [6, 6.07) is 16.8. The summed E-state index contributed by atoms with van der Waals surface area (Å²) in [5, 5.41) is 3.16. The second-order valence-corrected chi connectivity index (χ2v) is 4.51. The van der Waals surface area contributed by atoms with E-state index in [1.54, 1.807) is 0 Å². The zero-order valence-corrected chi connectivity index (χ0v) is 10.8. The summed E-state index contributed by atoms with van der Waals surface area (Å²) in [4.78, 5) is 0. The Morgan fingerprint density at radius 1 is 0.944 bits per heavy atom. The lowest BCUT2D eigenvalue weighted by molar-refractivity contribution is 0.792. The number of nitrogens with two attached hydrogens (primary N) is 1. The zero-order valence-electron chi connectivity index (χ0n) is 10.8. The summed E-state index contributed by atoms with van der Waals surface area (Å²) >= 11 is 0. The Bertz CT molecular complexity index is 492. The topological polar surface area (TPSA) is 38.0 Å². The molecule has 3 N–H and O–H groups in total. The lowest BCUT2D eigenvalue weighted by Gasteiger charge is -2.11. The summed E-state index contributed by atoms with van der Waals surface area (Å²) < 4.78 is 0. The van der Waals surface area contributed by atoms with E-state index in [9.17, 15) is 0 Å². The van der Waals surface area contributed by atoms with Gasteiger partial charge in [0.25, 0.3) is 0 Å². The van der Waals surface area contributed by atoms with Gasteiger partial charge in [-0.3, -0.25) is 0 Å². The molecule has 0 fully saturated rings. The first-order valence-electron chi connectivity index (χ1n) is 6.36. The monoisotopic (exact) mass is 240 g/mol. The van der Waals surface area contributed by atoms with E-state index < -0.39 is 0 Å². The van der Waals surface area contributed by atoms with Gasteiger partial charge in [0.1, 0.15) is 0 Å². The van der Waals surface area contributed by atoms with Gasteiger partial charge in [-0.25, -0.2) is 0 Å². The van der Waals surface area contributed by atoms with Gasteiger partial charge in [0.15, 0.2) is 0 Å². The molecule has 0 aromatic heterocycles. The van der Waals surface area contributed by atoms with Crippen LogP contribution in [-0.2, 0) is 12.8 Å². The lowest BCUT2D eigenvalue weighted by Crippen LogP contribution is -2.12. The molecule has 2 aromatic rings. The van der Waals surface area contributed by atoms with Crippen LogP contribution < -0.4 is 11.1 Å². The van der Waals surface area contributed by atoms with Crippen molar-refractivity contribution in [3.05, 3.63) is 65.2 Å². The molecule has 0 saturated heterocycles. The van der Waals surface area contributed by atoms with Gasteiger partial charge in [-0.2, -0.15) is 0 Å². The van der Waals surface area contributed by atoms with Gasteiger partial charge in [-0.05, 0) is 43.1 Å². The molecule has 0 atom stereocenters. The second-order valence-electron chi connectivity index (χ2n) is 4.51. The molecule has 2 aromatic carbocycles. The second kappa shape index (κ2) is 6.22. The van der Waals surface area contributed by atoms with Crippen molar-refractivity contribution in [1.29, 1.82) is 0 Å². The van der Waals surface area contributed by atoms with E-state index in [1.165, 1.54) is 16.7 Å². The number of rotatable bonds is 5. The Morgan fingerprint density at radius 3 is 2.39 bits per heavy atom. The fraction of sp³-hybridized carbons (Fsp3) is 0.250. The first-order chi connectivity index (χ1) is 8.81. The van der Waals surface area contributed by atoms with Gasteiger partial charge in [-0.15, -0.1) is 0 Å². The number of nitrogens with one attached hydrogen (secondary N) is 1. The summed E-state index contributed by atoms with van der Waals surface area (Å²) in [7, 11) is 1.96. The van der Waals surface area contributed by atoms with Crippen LogP contribution in [0.15, 0.2) is 48.5 Å². The third-order valence-electron chi connectivity index (χ3n) is 3.17. The van der Waals surface area contributed by atoms with Crippen LogP contribution in [0.3, 0.4) is 0 Å². The van der Waals surface area contributed by atoms with Gasteiger partial charge in [0.2, 0.25) is 0 Å². The van der Waals surface area contributed by atoms with E-state index in [0.29, 0.717) is 0 Å². The minimum Gasteiger partial charge on any atom is -0.398 e. The van der Waals surface area contributed by atoms with Crippen molar-refractivity contribution >= 4 is 5.69 Å². The van der Waals surface area contributed by atoms with Crippen LogP contribution in [-0.4, -0.2) is 13.6 Å². The Morgan fingerprint density at radius 2 is 1.67 bits per heavy atom. The molecule has 0 bridgehead atoms. The van der Waals surface area contributed by atoms with Crippen molar-refractivity contribution in [3.63, 3.8) is 0 Å². The van der Waals surface area contributed by atoms with E-state index in [1.807, 2.05) is 13.1 Å². The molecule has 0 aliphatic rings. The van der Waals surface area contributed by atoms with Crippen molar-refractivity contribution in [1.82, 2.24) is 5.32 Å². The summed E-state index contributed by atoms with van der Waals surface area (Å²) in [6.45, 7) is 0.957. The Labute approximate surface area is 109 Å². The maximum absolute atomic E-state index is 6.24. The maximum Gasteiger partial charge on any atom is 0.0383 e. The SMILES string of the molecule is CNCCc1cccc(Cc2ccccc2)c1N. The van der Waals surface area contributed by atoms with Gasteiger partial charge in [0.05, 0.1) is 0 Å². The van der Waals surface area contributed by atoms with Crippen molar-refractivity contribution in [2.24, 2.45) is 0 Å². The smallest absolute Gasteiger partial charge is 0.0383 e. The van der Waals surface area contributed by atoms with Crippen molar-refractivity contribution in [3.8, 4) is 0 Å². The lowest BCUT2D eigenvalue weighted by atomic mass is 9.99. The van der Waals surface area contributed by atoms with Gasteiger partial charge in [-0.1, -0.05) is 48.5 Å². The molecule has 0 saturated carbocycles. The fourth-order valence-electron chi connectivity index (χ4n) is 2.11. The molecule has 0 radical (unpaired) electrons. The van der Waals surface area contributed by atoms with Crippen molar-refractivity contribution < 1.29 is 0 Å². The molecule has 0 unspecified atom stereocenters. The molecule has 2 nitrogen and oxygen atoms in total. The fourth-order valence-corrected chi connectivity index (χ4v) is 2.11. The number of anilines is 1. The van der Waals surface area contributed by atoms with Crippen LogP contribution in [0.4, 0.5) is 5.69 Å². The van der Waals surface area contributed by atoms with E-state index in [0.717, 1.165) is 25.1 Å². The van der Waals surface area contributed by atoms with E-state index >= 15 is 0 Å². The number of hydrogen-bond donors (Lipinski definition) is 2. The molecule has 2 heteroatoms.